The molecule has 0 bridgehead atoms. The van der Waals surface area contributed by atoms with Crippen LogP contribution in [0, 0.1) is 0 Å². The molecule has 14 heavy (non-hydrogen) atoms. The fourth-order valence-electron chi connectivity index (χ4n) is 1.82. The molecule has 1 heterocycles. The fourth-order valence-corrected chi connectivity index (χ4v) is 2.24. The number of thioether (sulfide) groups is 1. The van der Waals surface area contributed by atoms with E-state index in [0.29, 0.717) is 6.04 Å². The molecular formula is C10H22N2OS. The van der Waals surface area contributed by atoms with Crippen LogP contribution >= 0.6 is 11.8 Å². The molecule has 0 aliphatic carbocycles. The van der Waals surface area contributed by atoms with Crippen molar-refractivity contribution in [3.63, 3.8) is 0 Å². The molecule has 0 aromatic rings. The van der Waals surface area contributed by atoms with E-state index >= 15 is 0 Å². The molecule has 0 aromatic heterocycles. The van der Waals surface area contributed by atoms with Crippen LogP contribution in [0.2, 0.25) is 0 Å². The normalized spacial score (nSPS) is 24.0. The molecule has 1 unspecified atom stereocenters. The molecule has 1 fully saturated rings. The Balaban J connectivity index is 2.22. The Morgan fingerprint density at radius 3 is 3.14 bits per heavy atom. The topological polar surface area (TPSA) is 24.5 Å². The van der Waals surface area contributed by atoms with Gasteiger partial charge in [0.1, 0.15) is 0 Å². The standard InChI is InChI=1S/C10H22N2OS/c1-11-8-10-9-13-6-5-12(10)4-3-7-14-2/h10-11H,3-9H2,1-2H3. The van der Waals surface area contributed by atoms with E-state index in [0.717, 1.165) is 26.3 Å². The van der Waals surface area contributed by atoms with E-state index < -0.39 is 0 Å². The predicted molar refractivity (Wildman–Crippen MR) is 63.1 cm³/mol. The van der Waals surface area contributed by atoms with Crippen molar-refractivity contribution in [3.8, 4) is 0 Å². The lowest BCUT2D eigenvalue weighted by Crippen LogP contribution is -2.50. The van der Waals surface area contributed by atoms with Crippen LogP contribution in [0.15, 0.2) is 0 Å². The Bertz CT molecular complexity index is 144. The summed E-state index contributed by atoms with van der Waals surface area (Å²) < 4.78 is 5.48. The molecule has 0 spiro atoms. The van der Waals surface area contributed by atoms with Crippen LogP contribution in [0.4, 0.5) is 0 Å². The van der Waals surface area contributed by atoms with E-state index in [1.54, 1.807) is 0 Å². The summed E-state index contributed by atoms with van der Waals surface area (Å²) in [7, 11) is 2.01. The van der Waals surface area contributed by atoms with Gasteiger partial charge in [-0.2, -0.15) is 11.8 Å². The van der Waals surface area contributed by atoms with Gasteiger partial charge in [0, 0.05) is 19.1 Å². The lowest BCUT2D eigenvalue weighted by Gasteiger charge is -2.35. The molecule has 0 radical (unpaired) electrons. The van der Waals surface area contributed by atoms with Crippen LogP contribution in [-0.2, 0) is 4.74 Å². The minimum Gasteiger partial charge on any atom is -0.378 e. The zero-order chi connectivity index (χ0) is 10.2. The molecule has 0 aromatic carbocycles. The van der Waals surface area contributed by atoms with Crippen molar-refractivity contribution in [1.29, 1.82) is 0 Å². The van der Waals surface area contributed by atoms with Crippen molar-refractivity contribution in [1.82, 2.24) is 10.2 Å². The summed E-state index contributed by atoms with van der Waals surface area (Å²) in [5, 5.41) is 3.23. The second-order valence-corrected chi connectivity index (χ2v) is 4.65. The molecule has 3 nitrogen and oxygen atoms in total. The Morgan fingerprint density at radius 1 is 1.57 bits per heavy atom. The first-order valence-corrected chi connectivity index (χ1v) is 6.73. The molecule has 1 atom stereocenters. The quantitative estimate of drug-likeness (QED) is 0.662. The zero-order valence-electron chi connectivity index (χ0n) is 9.29. The van der Waals surface area contributed by atoms with E-state index in [-0.39, 0.29) is 0 Å². The average Bonchev–Trinajstić information content (AvgIpc) is 2.21. The van der Waals surface area contributed by atoms with Gasteiger partial charge in [0.25, 0.3) is 0 Å². The number of hydrogen-bond acceptors (Lipinski definition) is 4. The van der Waals surface area contributed by atoms with Gasteiger partial charge in [-0.3, -0.25) is 4.90 Å². The number of ether oxygens (including phenoxy) is 1. The highest BCUT2D eigenvalue weighted by atomic mass is 32.2. The Labute approximate surface area is 91.6 Å². The minimum absolute atomic E-state index is 0.579. The van der Waals surface area contributed by atoms with Gasteiger partial charge in [0.05, 0.1) is 13.2 Å². The van der Waals surface area contributed by atoms with Gasteiger partial charge in [-0.15, -0.1) is 0 Å². The zero-order valence-corrected chi connectivity index (χ0v) is 10.1. The van der Waals surface area contributed by atoms with E-state index in [9.17, 15) is 0 Å². The number of nitrogens with zero attached hydrogens (tertiary/aromatic N) is 1. The second kappa shape index (κ2) is 7.51. The minimum atomic E-state index is 0.579. The highest BCUT2D eigenvalue weighted by Crippen LogP contribution is 2.08. The number of rotatable bonds is 6. The molecule has 4 heteroatoms. The average molecular weight is 218 g/mol. The molecule has 1 saturated heterocycles. The van der Waals surface area contributed by atoms with E-state index in [2.05, 4.69) is 16.5 Å². The fraction of sp³-hybridized carbons (Fsp3) is 1.00. The molecule has 1 aliphatic rings. The van der Waals surface area contributed by atoms with Crippen molar-refractivity contribution < 1.29 is 4.74 Å². The third-order valence-electron chi connectivity index (χ3n) is 2.58. The molecule has 1 N–H and O–H groups in total. The van der Waals surface area contributed by atoms with Crippen LogP contribution in [0.3, 0.4) is 0 Å². The van der Waals surface area contributed by atoms with Crippen LogP contribution in [0.5, 0.6) is 0 Å². The van der Waals surface area contributed by atoms with Gasteiger partial charge in [-0.1, -0.05) is 0 Å². The Morgan fingerprint density at radius 2 is 2.43 bits per heavy atom. The summed E-state index contributed by atoms with van der Waals surface area (Å²) in [6.45, 7) is 5.15. The monoisotopic (exact) mass is 218 g/mol. The van der Waals surface area contributed by atoms with Crippen LogP contribution in [0.1, 0.15) is 6.42 Å². The van der Waals surface area contributed by atoms with Gasteiger partial charge in [0.15, 0.2) is 0 Å². The van der Waals surface area contributed by atoms with Gasteiger partial charge in [0.2, 0.25) is 0 Å². The molecule has 0 amide bonds. The lowest BCUT2D eigenvalue weighted by atomic mass is 10.2. The molecular weight excluding hydrogens is 196 g/mol. The Kier molecular flexibility index (Phi) is 6.60. The van der Waals surface area contributed by atoms with Gasteiger partial charge < -0.3 is 10.1 Å². The van der Waals surface area contributed by atoms with E-state index in [1.807, 2.05) is 18.8 Å². The summed E-state index contributed by atoms with van der Waals surface area (Å²) in [4.78, 5) is 2.55. The van der Waals surface area contributed by atoms with Gasteiger partial charge >= 0.3 is 0 Å². The molecule has 1 aliphatic heterocycles. The van der Waals surface area contributed by atoms with Crippen molar-refractivity contribution in [2.75, 3.05) is 51.9 Å². The van der Waals surface area contributed by atoms with E-state index in [1.165, 1.54) is 18.7 Å². The van der Waals surface area contributed by atoms with Crippen molar-refractivity contribution in [2.24, 2.45) is 0 Å². The third kappa shape index (κ3) is 4.17. The highest BCUT2D eigenvalue weighted by molar-refractivity contribution is 7.98. The number of hydrogen-bond donors (Lipinski definition) is 1. The summed E-state index contributed by atoms with van der Waals surface area (Å²) in [5.41, 5.74) is 0. The largest absolute Gasteiger partial charge is 0.378 e. The molecule has 1 rings (SSSR count). The van der Waals surface area contributed by atoms with Gasteiger partial charge in [-0.05, 0) is 32.0 Å². The Hall–Kier alpha value is 0.230. The SMILES string of the molecule is CNCC1COCCN1CCCSC. The predicted octanol–water partition coefficient (Wildman–Crippen LogP) is 0.660. The highest BCUT2D eigenvalue weighted by Gasteiger charge is 2.21. The maximum atomic E-state index is 5.48. The summed E-state index contributed by atoms with van der Waals surface area (Å²) in [6, 6.07) is 0.579. The van der Waals surface area contributed by atoms with Gasteiger partial charge in [-0.25, -0.2) is 0 Å². The van der Waals surface area contributed by atoms with Crippen molar-refractivity contribution >= 4 is 11.8 Å². The smallest absolute Gasteiger partial charge is 0.0634 e. The van der Waals surface area contributed by atoms with Crippen molar-refractivity contribution in [2.45, 2.75) is 12.5 Å². The summed E-state index contributed by atoms with van der Waals surface area (Å²) in [6.07, 6.45) is 3.46. The van der Waals surface area contributed by atoms with Crippen LogP contribution in [0.25, 0.3) is 0 Å². The molecule has 0 saturated carbocycles. The maximum Gasteiger partial charge on any atom is 0.0634 e. The second-order valence-electron chi connectivity index (χ2n) is 3.67. The molecule has 84 valence electrons. The first-order chi connectivity index (χ1) is 6.88. The lowest BCUT2D eigenvalue weighted by molar-refractivity contribution is -0.00587. The summed E-state index contributed by atoms with van der Waals surface area (Å²) >= 11 is 1.93. The van der Waals surface area contributed by atoms with Crippen LogP contribution in [-0.4, -0.2) is 62.8 Å². The number of likely N-dealkylation sites (N-methyl/N-ethyl adjacent to an activating group) is 1. The van der Waals surface area contributed by atoms with Crippen LogP contribution < -0.4 is 5.32 Å². The number of morpholine rings is 1. The van der Waals surface area contributed by atoms with E-state index in [4.69, 9.17) is 4.74 Å². The number of nitrogens with one attached hydrogen (secondary N) is 1. The first kappa shape index (κ1) is 12.3. The van der Waals surface area contributed by atoms with Crippen molar-refractivity contribution in [3.05, 3.63) is 0 Å². The first-order valence-electron chi connectivity index (χ1n) is 5.33. The maximum absolute atomic E-state index is 5.48. The summed E-state index contributed by atoms with van der Waals surface area (Å²) in [5.74, 6) is 1.27. The third-order valence-corrected chi connectivity index (χ3v) is 3.28.